The fourth-order valence-corrected chi connectivity index (χ4v) is 2.31. The van der Waals surface area contributed by atoms with Crippen LogP contribution in [-0.2, 0) is 4.74 Å². The van der Waals surface area contributed by atoms with Gasteiger partial charge in [0.15, 0.2) is 0 Å². The number of nitrogens with one attached hydrogen (secondary N) is 1. The smallest absolute Gasteiger partial charge is 0.119 e. The Balaban J connectivity index is 2.19. The molecule has 2 rings (SSSR count). The summed E-state index contributed by atoms with van der Waals surface area (Å²) in [5, 5.41) is 5.80. The summed E-state index contributed by atoms with van der Waals surface area (Å²) in [7, 11) is 3.40. The van der Waals surface area contributed by atoms with Gasteiger partial charge in [0.05, 0.1) is 13.2 Å². The number of hydrogen-bond donors (Lipinski definition) is 2. The van der Waals surface area contributed by atoms with Gasteiger partial charge < -0.3 is 20.5 Å². The van der Waals surface area contributed by atoms with Gasteiger partial charge in [0.2, 0.25) is 0 Å². The van der Waals surface area contributed by atoms with Crippen LogP contribution in [0.15, 0.2) is 36.4 Å². The maximum atomic E-state index is 5.90. The van der Waals surface area contributed by atoms with Crippen molar-refractivity contribution in [2.24, 2.45) is 5.73 Å². The molecule has 0 aliphatic rings. The number of ether oxygens (including phenoxy) is 2. The van der Waals surface area contributed by atoms with Crippen LogP contribution in [0.1, 0.15) is 18.5 Å². The van der Waals surface area contributed by atoms with Crippen LogP contribution >= 0.6 is 0 Å². The van der Waals surface area contributed by atoms with Crippen LogP contribution in [0.2, 0.25) is 0 Å². The van der Waals surface area contributed by atoms with Gasteiger partial charge in [0.25, 0.3) is 0 Å². The Bertz CT molecular complexity index is 586. The van der Waals surface area contributed by atoms with Crippen molar-refractivity contribution in [1.29, 1.82) is 0 Å². The first kappa shape index (κ1) is 15.8. The van der Waals surface area contributed by atoms with Crippen molar-refractivity contribution in [2.45, 2.75) is 19.1 Å². The number of nitrogens with two attached hydrogens (primary N) is 1. The van der Waals surface area contributed by atoms with E-state index in [9.17, 15) is 0 Å². The van der Waals surface area contributed by atoms with E-state index < -0.39 is 0 Å². The van der Waals surface area contributed by atoms with Crippen LogP contribution in [0.4, 0.5) is 0 Å². The molecule has 0 aliphatic carbocycles. The van der Waals surface area contributed by atoms with Crippen LogP contribution in [0.5, 0.6) is 5.75 Å². The van der Waals surface area contributed by atoms with E-state index in [2.05, 4.69) is 29.6 Å². The predicted octanol–water partition coefficient (Wildman–Crippen LogP) is 2.47. The molecule has 2 atom stereocenters. The highest BCUT2D eigenvalue weighted by atomic mass is 16.5. The lowest BCUT2D eigenvalue weighted by Crippen LogP contribution is -2.33. The van der Waals surface area contributed by atoms with Gasteiger partial charge in [0, 0.05) is 26.2 Å². The van der Waals surface area contributed by atoms with Crippen molar-refractivity contribution in [1.82, 2.24) is 5.32 Å². The average molecular weight is 288 g/mol. The fourth-order valence-electron chi connectivity index (χ4n) is 2.31. The molecule has 0 heterocycles. The molecular formula is C17H24N2O2. The van der Waals surface area contributed by atoms with E-state index in [1.54, 1.807) is 14.2 Å². The van der Waals surface area contributed by atoms with Crippen molar-refractivity contribution < 1.29 is 9.47 Å². The van der Waals surface area contributed by atoms with E-state index in [0.29, 0.717) is 6.54 Å². The van der Waals surface area contributed by atoms with Gasteiger partial charge in [-0.15, -0.1) is 0 Å². The van der Waals surface area contributed by atoms with Crippen LogP contribution in [0.3, 0.4) is 0 Å². The molecule has 21 heavy (non-hydrogen) atoms. The molecule has 4 nitrogen and oxygen atoms in total. The van der Waals surface area contributed by atoms with Crippen molar-refractivity contribution in [3.8, 4) is 5.75 Å². The first-order valence-corrected chi connectivity index (χ1v) is 7.22. The van der Waals surface area contributed by atoms with Gasteiger partial charge >= 0.3 is 0 Å². The second kappa shape index (κ2) is 7.41. The first-order chi connectivity index (χ1) is 10.2. The zero-order valence-electron chi connectivity index (χ0n) is 12.9. The average Bonchev–Trinajstić information content (AvgIpc) is 2.54. The Hall–Kier alpha value is -1.62. The maximum Gasteiger partial charge on any atom is 0.119 e. The third kappa shape index (κ3) is 3.94. The molecule has 4 heteroatoms. The van der Waals surface area contributed by atoms with Gasteiger partial charge in [-0.1, -0.05) is 18.2 Å². The van der Waals surface area contributed by atoms with Crippen LogP contribution in [0.25, 0.3) is 10.8 Å². The Morgan fingerprint density at radius 2 is 1.81 bits per heavy atom. The summed E-state index contributed by atoms with van der Waals surface area (Å²) in [6, 6.07) is 12.6. The number of methoxy groups -OCH3 is 2. The molecule has 0 saturated heterocycles. The molecule has 0 aliphatic heterocycles. The predicted molar refractivity (Wildman–Crippen MR) is 86.8 cm³/mol. The number of rotatable bonds is 7. The summed E-state index contributed by atoms with van der Waals surface area (Å²) < 4.78 is 10.5. The zero-order valence-corrected chi connectivity index (χ0v) is 12.9. The monoisotopic (exact) mass is 288 g/mol. The quantitative estimate of drug-likeness (QED) is 0.822. The minimum Gasteiger partial charge on any atom is -0.497 e. The lowest BCUT2D eigenvalue weighted by molar-refractivity contribution is 0.114. The minimum atomic E-state index is 0.133. The van der Waals surface area contributed by atoms with Gasteiger partial charge in [-0.05, 0) is 41.5 Å². The molecule has 0 saturated carbocycles. The fraction of sp³-hybridized carbons (Fsp3) is 0.412. The van der Waals surface area contributed by atoms with E-state index in [-0.39, 0.29) is 12.1 Å². The van der Waals surface area contributed by atoms with E-state index in [0.717, 1.165) is 12.3 Å². The largest absolute Gasteiger partial charge is 0.497 e. The summed E-state index contributed by atoms with van der Waals surface area (Å²) in [5.41, 5.74) is 7.09. The Morgan fingerprint density at radius 3 is 2.48 bits per heavy atom. The second-order valence-electron chi connectivity index (χ2n) is 5.22. The molecule has 0 bridgehead atoms. The Morgan fingerprint density at radius 1 is 1.10 bits per heavy atom. The number of benzene rings is 2. The molecule has 0 aromatic heterocycles. The molecule has 0 spiro atoms. The lowest BCUT2D eigenvalue weighted by Gasteiger charge is -2.20. The standard InChI is InChI=1S/C17H24N2O2/c1-12(20-2)11-19-17(10-18)15-5-4-14-9-16(21-3)7-6-13(14)8-15/h4-9,12,17,19H,10-11,18H2,1-3H3. The Labute approximate surface area is 126 Å². The third-order valence-corrected chi connectivity index (χ3v) is 3.76. The number of hydrogen-bond acceptors (Lipinski definition) is 4. The second-order valence-corrected chi connectivity index (χ2v) is 5.22. The lowest BCUT2D eigenvalue weighted by atomic mass is 10.0. The van der Waals surface area contributed by atoms with Crippen molar-refractivity contribution >= 4 is 10.8 Å². The maximum absolute atomic E-state index is 5.90. The highest BCUT2D eigenvalue weighted by Crippen LogP contribution is 2.24. The first-order valence-electron chi connectivity index (χ1n) is 7.22. The zero-order chi connectivity index (χ0) is 15.2. The Kier molecular flexibility index (Phi) is 5.56. The highest BCUT2D eigenvalue weighted by molar-refractivity contribution is 5.84. The summed E-state index contributed by atoms with van der Waals surface area (Å²) in [6.45, 7) is 3.37. The summed E-state index contributed by atoms with van der Waals surface area (Å²) >= 11 is 0. The molecule has 114 valence electrons. The van der Waals surface area contributed by atoms with Gasteiger partial charge in [-0.25, -0.2) is 0 Å². The molecule has 0 amide bonds. The van der Waals surface area contributed by atoms with E-state index in [1.807, 2.05) is 19.1 Å². The van der Waals surface area contributed by atoms with Crippen LogP contribution in [0, 0.1) is 0 Å². The van der Waals surface area contributed by atoms with E-state index >= 15 is 0 Å². The molecule has 0 fully saturated rings. The SMILES string of the molecule is COc1ccc2cc(C(CN)NCC(C)OC)ccc2c1. The topological polar surface area (TPSA) is 56.5 Å². The van der Waals surface area contributed by atoms with Crippen molar-refractivity contribution in [3.63, 3.8) is 0 Å². The normalized spacial score (nSPS) is 14.1. The number of fused-ring (bicyclic) bond motifs is 1. The van der Waals surface area contributed by atoms with Gasteiger partial charge in [0.1, 0.15) is 5.75 Å². The van der Waals surface area contributed by atoms with E-state index in [1.165, 1.54) is 16.3 Å². The summed E-state index contributed by atoms with van der Waals surface area (Å²) in [6.07, 6.45) is 0.170. The van der Waals surface area contributed by atoms with Crippen LogP contribution in [-0.4, -0.2) is 33.4 Å². The molecule has 2 aromatic rings. The van der Waals surface area contributed by atoms with Gasteiger partial charge in [-0.3, -0.25) is 0 Å². The van der Waals surface area contributed by atoms with Crippen molar-refractivity contribution in [2.75, 3.05) is 27.3 Å². The molecule has 2 aromatic carbocycles. The molecule has 3 N–H and O–H groups in total. The molecule has 0 radical (unpaired) electrons. The highest BCUT2D eigenvalue weighted by Gasteiger charge is 2.11. The van der Waals surface area contributed by atoms with Crippen LogP contribution < -0.4 is 15.8 Å². The molecular weight excluding hydrogens is 264 g/mol. The summed E-state index contributed by atoms with van der Waals surface area (Å²) in [5.74, 6) is 0.873. The molecule has 2 unspecified atom stereocenters. The summed E-state index contributed by atoms with van der Waals surface area (Å²) in [4.78, 5) is 0. The van der Waals surface area contributed by atoms with Gasteiger partial charge in [-0.2, -0.15) is 0 Å². The minimum absolute atomic E-state index is 0.133. The third-order valence-electron chi connectivity index (χ3n) is 3.76. The van der Waals surface area contributed by atoms with E-state index in [4.69, 9.17) is 15.2 Å². The van der Waals surface area contributed by atoms with Crippen molar-refractivity contribution in [3.05, 3.63) is 42.0 Å².